The summed E-state index contributed by atoms with van der Waals surface area (Å²) in [5.74, 6) is 0.661. The first-order valence-corrected chi connectivity index (χ1v) is 17.9. The van der Waals surface area contributed by atoms with Gasteiger partial charge >= 0.3 is 0 Å². The van der Waals surface area contributed by atoms with E-state index in [1.807, 2.05) is 6.07 Å². The van der Waals surface area contributed by atoms with E-state index in [1.165, 1.54) is 55.3 Å². The van der Waals surface area contributed by atoms with E-state index >= 15 is 0 Å². The normalized spacial score (nSPS) is 13.0. The molecule has 0 amide bonds. The fourth-order valence-electron chi connectivity index (χ4n) is 8.14. The van der Waals surface area contributed by atoms with Crippen molar-refractivity contribution < 1.29 is 0 Å². The molecule has 0 aliphatic heterocycles. The summed E-state index contributed by atoms with van der Waals surface area (Å²) in [6, 6.07) is 62.9. The Morgan fingerprint density at radius 1 is 0.385 bits per heavy atom. The molecule has 52 heavy (non-hydrogen) atoms. The number of para-hydroxylation sites is 1. The highest BCUT2D eigenvalue weighted by Gasteiger charge is 2.36. The minimum atomic E-state index is -0.0870. The first kappa shape index (κ1) is 30.3. The highest BCUT2D eigenvalue weighted by atomic mass is 15.2. The van der Waals surface area contributed by atoms with Crippen LogP contribution in [0, 0.1) is 0 Å². The first-order valence-electron chi connectivity index (χ1n) is 17.9. The molecule has 1 aliphatic rings. The molecule has 9 aromatic rings. The largest absolute Gasteiger partial charge is 0.278 e. The summed E-state index contributed by atoms with van der Waals surface area (Å²) >= 11 is 0. The fourth-order valence-corrected chi connectivity index (χ4v) is 8.14. The summed E-state index contributed by atoms with van der Waals surface area (Å²) in [5, 5.41) is 2.41. The van der Waals surface area contributed by atoms with Crippen molar-refractivity contribution in [2.75, 3.05) is 0 Å². The lowest BCUT2D eigenvalue weighted by molar-refractivity contribution is 0.661. The number of nitrogens with zero attached hydrogens (tertiary/aromatic N) is 3. The van der Waals surface area contributed by atoms with Gasteiger partial charge in [-0.2, -0.15) is 0 Å². The van der Waals surface area contributed by atoms with Crippen LogP contribution in [0.4, 0.5) is 0 Å². The maximum atomic E-state index is 5.34. The molecule has 2 heterocycles. The van der Waals surface area contributed by atoms with Gasteiger partial charge in [-0.3, -0.25) is 4.57 Å². The highest BCUT2D eigenvalue weighted by Crippen LogP contribution is 2.51. The summed E-state index contributed by atoms with van der Waals surface area (Å²) in [6.45, 7) is 4.68. The van der Waals surface area contributed by atoms with E-state index in [4.69, 9.17) is 9.97 Å². The summed E-state index contributed by atoms with van der Waals surface area (Å²) < 4.78 is 2.26. The molecule has 0 saturated carbocycles. The second-order valence-electron chi connectivity index (χ2n) is 14.3. The van der Waals surface area contributed by atoms with E-state index in [2.05, 4.69) is 188 Å². The van der Waals surface area contributed by atoms with Crippen LogP contribution in [0.1, 0.15) is 25.0 Å². The van der Waals surface area contributed by atoms with Crippen LogP contribution in [0.2, 0.25) is 0 Å². The van der Waals surface area contributed by atoms with Crippen molar-refractivity contribution in [3.8, 4) is 61.8 Å². The zero-order valence-corrected chi connectivity index (χ0v) is 29.1. The van der Waals surface area contributed by atoms with Gasteiger partial charge in [-0.1, -0.05) is 166 Å². The SMILES string of the molecule is CC1(C)c2ccccc2-c2cc3c(cc21)c1ccccc1n3-c1nc(-c2ccccc2)cc(-c2ccc(-c3ccc(-c4ccccc4)cc3)cc2)n1. The van der Waals surface area contributed by atoms with E-state index in [0.717, 1.165) is 33.5 Å². The molecular formula is C49H35N3. The molecule has 0 N–H and O–H groups in total. The van der Waals surface area contributed by atoms with Crippen molar-refractivity contribution >= 4 is 21.8 Å². The predicted octanol–water partition coefficient (Wildman–Crippen LogP) is 12.5. The Kier molecular flexibility index (Phi) is 6.84. The van der Waals surface area contributed by atoms with Gasteiger partial charge in [0, 0.05) is 27.3 Å². The average Bonchev–Trinajstić information content (AvgIpc) is 3.65. The van der Waals surface area contributed by atoms with Crippen LogP contribution in [0.5, 0.6) is 0 Å². The minimum absolute atomic E-state index is 0.0870. The van der Waals surface area contributed by atoms with Crippen molar-refractivity contribution in [3.63, 3.8) is 0 Å². The van der Waals surface area contributed by atoms with E-state index in [-0.39, 0.29) is 5.41 Å². The van der Waals surface area contributed by atoms with Crippen LogP contribution < -0.4 is 0 Å². The summed E-state index contributed by atoms with van der Waals surface area (Å²) in [4.78, 5) is 10.6. The Morgan fingerprint density at radius 2 is 0.885 bits per heavy atom. The van der Waals surface area contributed by atoms with Crippen LogP contribution in [0.25, 0.3) is 83.6 Å². The molecule has 0 unspecified atom stereocenters. The van der Waals surface area contributed by atoms with Gasteiger partial charge in [0.2, 0.25) is 5.95 Å². The fraction of sp³-hybridized carbons (Fsp3) is 0.0612. The smallest absolute Gasteiger partial charge is 0.235 e. The van der Waals surface area contributed by atoms with Gasteiger partial charge in [-0.05, 0) is 68.8 Å². The van der Waals surface area contributed by atoms with E-state index in [0.29, 0.717) is 5.95 Å². The third kappa shape index (κ3) is 4.81. The lowest BCUT2D eigenvalue weighted by Gasteiger charge is -2.21. The molecule has 7 aromatic carbocycles. The number of hydrogen-bond donors (Lipinski definition) is 0. The van der Waals surface area contributed by atoms with Gasteiger partial charge in [-0.15, -0.1) is 0 Å². The molecule has 0 atom stereocenters. The number of rotatable bonds is 5. The highest BCUT2D eigenvalue weighted by molar-refractivity contribution is 6.11. The van der Waals surface area contributed by atoms with E-state index in [9.17, 15) is 0 Å². The molecule has 0 saturated heterocycles. The van der Waals surface area contributed by atoms with Gasteiger partial charge in [0.15, 0.2) is 0 Å². The zero-order valence-electron chi connectivity index (χ0n) is 29.1. The number of fused-ring (bicyclic) bond motifs is 6. The van der Waals surface area contributed by atoms with Gasteiger partial charge in [0.25, 0.3) is 0 Å². The topological polar surface area (TPSA) is 30.7 Å². The van der Waals surface area contributed by atoms with Crippen molar-refractivity contribution in [1.29, 1.82) is 0 Å². The molecule has 0 spiro atoms. The van der Waals surface area contributed by atoms with Gasteiger partial charge in [0.1, 0.15) is 0 Å². The summed E-state index contributed by atoms with van der Waals surface area (Å²) in [5.41, 5.74) is 16.1. The van der Waals surface area contributed by atoms with Crippen LogP contribution in [0.3, 0.4) is 0 Å². The molecule has 1 aliphatic carbocycles. The maximum absolute atomic E-state index is 5.34. The van der Waals surface area contributed by atoms with Crippen molar-refractivity contribution in [3.05, 3.63) is 187 Å². The van der Waals surface area contributed by atoms with Gasteiger partial charge in [0.05, 0.1) is 22.4 Å². The Balaban J connectivity index is 1.13. The lowest BCUT2D eigenvalue weighted by atomic mass is 9.82. The van der Waals surface area contributed by atoms with Crippen LogP contribution in [0.15, 0.2) is 176 Å². The Bertz CT molecular complexity index is 2780. The average molecular weight is 666 g/mol. The molecule has 0 fully saturated rings. The number of aromatic nitrogens is 3. The maximum Gasteiger partial charge on any atom is 0.235 e. The molecule has 0 radical (unpaired) electrons. The molecule has 3 nitrogen and oxygen atoms in total. The number of benzene rings is 7. The molecule has 2 aromatic heterocycles. The van der Waals surface area contributed by atoms with Crippen LogP contribution in [-0.4, -0.2) is 14.5 Å². The number of hydrogen-bond acceptors (Lipinski definition) is 2. The molecular weight excluding hydrogens is 631 g/mol. The quantitative estimate of drug-likeness (QED) is 0.183. The molecule has 0 bridgehead atoms. The van der Waals surface area contributed by atoms with Crippen LogP contribution in [-0.2, 0) is 5.41 Å². The van der Waals surface area contributed by atoms with E-state index in [1.54, 1.807) is 0 Å². The van der Waals surface area contributed by atoms with Crippen LogP contribution >= 0.6 is 0 Å². The first-order chi connectivity index (χ1) is 25.5. The van der Waals surface area contributed by atoms with Crippen molar-refractivity contribution in [1.82, 2.24) is 14.5 Å². The third-order valence-electron chi connectivity index (χ3n) is 10.9. The molecule has 3 heteroatoms. The second-order valence-corrected chi connectivity index (χ2v) is 14.3. The summed E-state index contributed by atoms with van der Waals surface area (Å²) in [6.07, 6.45) is 0. The van der Waals surface area contributed by atoms with Crippen molar-refractivity contribution in [2.24, 2.45) is 0 Å². The minimum Gasteiger partial charge on any atom is -0.278 e. The van der Waals surface area contributed by atoms with E-state index < -0.39 is 0 Å². The standard InChI is InChI=1S/C49H35N3/c1-49(2)42-19-11-9-17-38(42)40-30-47-41(29-43(40)49)39-18-10-12-20-46(39)52(47)48-50-44(36-15-7-4-8-16-36)31-45(51-48)37-27-25-35(26-28-37)34-23-21-33(22-24-34)32-13-5-3-6-14-32/h3-31H,1-2H3. The second kappa shape index (κ2) is 11.8. The summed E-state index contributed by atoms with van der Waals surface area (Å²) in [7, 11) is 0. The molecule has 246 valence electrons. The van der Waals surface area contributed by atoms with Crippen molar-refractivity contribution in [2.45, 2.75) is 19.3 Å². The Morgan fingerprint density at radius 3 is 1.54 bits per heavy atom. The Hall–Kier alpha value is -6.58. The lowest BCUT2D eigenvalue weighted by Crippen LogP contribution is -2.14. The Labute approximate surface area is 303 Å². The third-order valence-corrected chi connectivity index (χ3v) is 10.9. The van der Waals surface area contributed by atoms with Gasteiger partial charge < -0.3 is 0 Å². The molecule has 10 rings (SSSR count). The monoisotopic (exact) mass is 665 g/mol. The zero-order chi connectivity index (χ0) is 34.8. The van der Waals surface area contributed by atoms with Gasteiger partial charge in [-0.25, -0.2) is 9.97 Å². The predicted molar refractivity (Wildman–Crippen MR) is 216 cm³/mol.